The minimum Gasteiger partial charge on any atom is -0.0985 e. The number of rotatable bonds is 6. The van der Waals surface area contributed by atoms with E-state index in [1.54, 1.807) is 0 Å². The quantitative estimate of drug-likeness (QED) is 0.538. The van der Waals surface area contributed by atoms with Gasteiger partial charge < -0.3 is 0 Å². The third-order valence-electron chi connectivity index (χ3n) is 2.90. The summed E-state index contributed by atoms with van der Waals surface area (Å²) in [7, 11) is 0. The second-order valence-electron chi connectivity index (χ2n) is 3.70. The molecule has 2 unspecified atom stereocenters. The average Bonchev–Trinajstić information content (AvgIpc) is 2.05. The molecule has 2 atom stereocenters. The van der Waals surface area contributed by atoms with Gasteiger partial charge in [0.05, 0.1) is 0 Å². The van der Waals surface area contributed by atoms with E-state index in [4.69, 9.17) is 0 Å². The SMILES string of the molecule is CCCCC(CC)C(C)[CH2][AlH2]. The maximum atomic E-state index is 2.43. The normalized spacial score (nSPS) is 16.3. The Balaban J connectivity index is 3.56. The van der Waals surface area contributed by atoms with Gasteiger partial charge in [0, 0.05) is 0 Å². The zero-order chi connectivity index (χ0) is 8.69. The fourth-order valence-electron chi connectivity index (χ4n) is 1.69. The third kappa shape index (κ3) is 4.88. The van der Waals surface area contributed by atoms with E-state index < -0.39 is 0 Å². The van der Waals surface area contributed by atoms with E-state index in [9.17, 15) is 0 Å². The molecule has 0 aromatic heterocycles. The van der Waals surface area contributed by atoms with E-state index in [2.05, 4.69) is 20.8 Å². The molecule has 0 aliphatic heterocycles. The minimum absolute atomic E-state index is 0.998. The van der Waals surface area contributed by atoms with Crippen LogP contribution in [0.4, 0.5) is 0 Å². The van der Waals surface area contributed by atoms with Crippen molar-refractivity contribution < 1.29 is 0 Å². The molecule has 0 bridgehead atoms. The Hall–Kier alpha value is 0.532. The Kier molecular flexibility index (Phi) is 7.54. The van der Waals surface area contributed by atoms with Crippen LogP contribution in [0.1, 0.15) is 46.5 Å². The van der Waals surface area contributed by atoms with Gasteiger partial charge >= 0.3 is 0 Å². The van der Waals surface area contributed by atoms with Crippen LogP contribution in [-0.4, -0.2) is 16.3 Å². The summed E-state index contributed by atoms with van der Waals surface area (Å²) in [6, 6.07) is 0. The Morgan fingerprint density at radius 3 is 2.27 bits per heavy atom. The highest BCUT2D eigenvalue weighted by molar-refractivity contribution is 6.08. The van der Waals surface area contributed by atoms with Crippen molar-refractivity contribution in [1.82, 2.24) is 0 Å². The third-order valence-corrected chi connectivity index (χ3v) is 4.19. The van der Waals surface area contributed by atoms with Crippen molar-refractivity contribution in [3.8, 4) is 0 Å². The first kappa shape index (κ1) is 11.5. The summed E-state index contributed by atoms with van der Waals surface area (Å²) < 4.78 is 0. The molecule has 0 aliphatic carbocycles. The fourth-order valence-corrected chi connectivity index (χ4v) is 2.36. The van der Waals surface area contributed by atoms with E-state index >= 15 is 0 Å². The van der Waals surface area contributed by atoms with Crippen LogP contribution in [0.5, 0.6) is 0 Å². The molecule has 0 spiro atoms. The molecule has 0 heterocycles. The van der Waals surface area contributed by atoms with E-state index in [0.29, 0.717) is 0 Å². The maximum absolute atomic E-state index is 2.43. The lowest BCUT2D eigenvalue weighted by molar-refractivity contribution is 0.340. The zero-order valence-corrected chi connectivity index (χ0v) is 10.7. The molecule has 0 saturated carbocycles. The molecule has 11 heavy (non-hydrogen) atoms. The Labute approximate surface area is 80.2 Å². The van der Waals surface area contributed by atoms with Gasteiger partial charge in [0.25, 0.3) is 0 Å². The smallest absolute Gasteiger partial charge is 0.0985 e. The van der Waals surface area contributed by atoms with Gasteiger partial charge in [-0.25, -0.2) is 0 Å². The molecule has 0 N–H and O–H groups in total. The summed E-state index contributed by atoms with van der Waals surface area (Å²) in [5, 5.41) is 1.49. The van der Waals surface area contributed by atoms with Gasteiger partial charge in [-0.2, -0.15) is 0 Å². The highest BCUT2D eigenvalue weighted by Gasteiger charge is 2.11. The lowest BCUT2D eigenvalue weighted by atomic mass is 9.88. The summed E-state index contributed by atoms with van der Waals surface area (Å²) in [6.07, 6.45) is 5.66. The lowest BCUT2D eigenvalue weighted by Gasteiger charge is -2.21. The Morgan fingerprint density at radius 1 is 1.27 bits per heavy atom. The van der Waals surface area contributed by atoms with Crippen LogP contribution in [0.25, 0.3) is 0 Å². The molecular formula is C10H23Al. The molecule has 0 nitrogen and oxygen atoms in total. The van der Waals surface area contributed by atoms with Crippen molar-refractivity contribution >= 4 is 16.3 Å². The first-order valence-electron chi connectivity index (χ1n) is 5.26. The van der Waals surface area contributed by atoms with Crippen LogP contribution >= 0.6 is 0 Å². The summed E-state index contributed by atoms with van der Waals surface area (Å²) in [5.41, 5.74) is 0. The van der Waals surface area contributed by atoms with Crippen LogP contribution in [-0.2, 0) is 0 Å². The predicted octanol–water partition coefficient (Wildman–Crippen LogP) is 2.89. The zero-order valence-electron chi connectivity index (χ0n) is 8.69. The summed E-state index contributed by atoms with van der Waals surface area (Å²) in [6.45, 7) is 7.06. The number of hydrogen-bond acceptors (Lipinski definition) is 0. The molecule has 0 rings (SSSR count). The topological polar surface area (TPSA) is 0 Å². The first-order valence-corrected chi connectivity index (χ1v) is 6.67. The van der Waals surface area contributed by atoms with Crippen LogP contribution in [0, 0.1) is 11.8 Å². The standard InChI is InChI=1S/C10H21.Al.2H/c1-5-7-8-10(6-2)9(3)4;;;/h9-10H,3,5-8H2,1-2,4H3;;;. The van der Waals surface area contributed by atoms with Gasteiger partial charge in [0.2, 0.25) is 16.3 Å². The molecule has 0 aromatic rings. The monoisotopic (exact) mass is 170 g/mol. The molecular weight excluding hydrogens is 147 g/mol. The molecule has 1 heteroatoms. The van der Waals surface area contributed by atoms with E-state index in [1.807, 2.05) is 0 Å². The molecule has 0 radical (unpaired) electrons. The average molecular weight is 170 g/mol. The van der Waals surface area contributed by atoms with Gasteiger partial charge in [-0.1, -0.05) is 57.7 Å². The van der Waals surface area contributed by atoms with Crippen molar-refractivity contribution in [3.05, 3.63) is 0 Å². The van der Waals surface area contributed by atoms with Crippen molar-refractivity contribution in [2.45, 2.75) is 51.7 Å². The van der Waals surface area contributed by atoms with Crippen molar-refractivity contribution in [1.29, 1.82) is 0 Å². The second-order valence-corrected chi connectivity index (χ2v) is 4.51. The molecule has 0 saturated heterocycles. The summed E-state index contributed by atoms with van der Waals surface area (Å²) in [4.78, 5) is 0. The fraction of sp³-hybridized carbons (Fsp3) is 1.00. The molecule has 66 valence electrons. The minimum atomic E-state index is 0.998. The maximum Gasteiger partial charge on any atom is 0.212 e. The molecule has 0 fully saturated rings. The van der Waals surface area contributed by atoms with Gasteiger partial charge in [-0.3, -0.25) is 0 Å². The summed E-state index contributed by atoms with van der Waals surface area (Å²) >= 11 is 1.38. The van der Waals surface area contributed by atoms with Crippen LogP contribution in [0.2, 0.25) is 5.28 Å². The van der Waals surface area contributed by atoms with E-state index in [0.717, 1.165) is 11.8 Å². The van der Waals surface area contributed by atoms with Crippen molar-refractivity contribution in [2.24, 2.45) is 11.8 Å². The largest absolute Gasteiger partial charge is 0.212 e. The van der Waals surface area contributed by atoms with Gasteiger partial charge in [-0.15, -0.1) is 0 Å². The van der Waals surface area contributed by atoms with Gasteiger partial charge in [0.15, 0.2) is 0 Å². The van der Waals surface area contributed by atoms with Crippen molar-refractivity contribution in [2.75, 3.05) is 0 Å². The number of hydrogen-bond donors (Lipinski definition) is 0. The summed E-state index contributed by atoms with van der Waals surface area (Å²) in [5.74, 6) is 2.02. The van der Waals surface area contributed by atoms with Crippen molar-refractivity contribution in [3.63, 3.8) is 0 Å². The van der Waals surface area contributed by atoms with E-state index in [-0.39, 0.29) is 0 Å². The van der Waals surface area contributed by atoms with Crippen LogP contribution in [0.3, 0.4) is 0 Å². The Morgan fingerprint density at radius 2 is 1.91 bits per heavy atom. The number of unbranched alkanes of at least 4 members (excludes halogenated alkanes) is 1. The van der Waals surface area contributed by atoms with Gasteiger partial charge in [-0.05, 0) is 5.92 Å². The van der Waals surface area contributed by atoms with Crippen LogP contribution < -0.4 is 0 Å². The molecule has 0 amide bonds. The van der Waals surface area contributed by atoms with E-state index in [1.165, 1.54) is 47.3 Å². The molecule has 0 aromatic carbocycles. The Bertz CT molecular complexity index is 80.9. The molecule has 0 aliphatic rings. The second kappa shape index (κ2) is 7.20. The van der Waals surface area contributed by atoms with Gasteiger partial charge in [0.1, 0.15) is 0 Å². The highest BCUT2D eigenvalue weighted by Crippen LogP contribution is 2.23. The highest BCUT2D eigenvalue weighted by atomic mass is 27.0. The lowest BCUT2D eigenvalue weighted by Crippen LogP contribution is -2.10. The predicted molar refractivity (Wildman–Crippen MR) is 55.8 cm³/mol. The first-order chi connectivity index (χ1) is 5.26. The van der Waals surface area contributed by atoms with Crippen LogP contribution in [0.15, 0.2) is 0 Å².